The van der Waals surface area contributed by atoms with E-state index in [2.05, 4.69) is 16.8 Å². The molecule has 10 heteroatoms. The van der Waals surface area contributed by atoms with E-state index < -0.39 is 5.60 Å². The molecule has 10 nitrogen and oxygen atoms in total. The number of likely N-dealkylation sites (N-methyl/N-ethyl adjacent to an activating group) is 1. The summed E-state index contributed by atoms with van der Waals surface area (Å²) in [6.45, 7) is 12.1. The lowest BCUT2D eigenvalue weighted by atomic mass is 9.98. The number of morpholine rings is 1. The lowest BCUT2D eigenvalue weighted by Crippen LogP contribution is -2.47. The third-order valence-electron chi connectivity index (χ3n) is 7.28. The summed E-state index contributed by atoms with van der Waals surface area (Å²) < 4.78 is 11.2. The highest BCUT2D eigenvalue weighted by molar-refractivity contribution is 5.98. The van der Waals surface area contributed by atoms with Gasteiger partial charge in [0.15, 0.2) is 0 Å². The molecule has 1 aromatic heterocycles. The van der Waals surface area contributed by atoms with Crippen molar-refractivity contribution < 1.29 is 19.1 Å². The van der Waals surface area contributed by atoms with Crippen LogP contribution in [-0.2, 0) is 9.47 Å². The smallest absolute Gasteiger partial charge is 0.410 e. The number of rotatable bonds is 3. The lowest BCUT2D eigenvalue weighted by molar-refractivity contribution is 0.0225. The minimum Gasteiger partial charge on any atom is -0.444 e. The van der Waals surface area contributed by atoms with Crippen LogP contribution in [0.3, 0.4) is 0 Å². The Bertz CT molecular complexity index is 1150. The van der Waals surface area contributed by atoms with E-state index >= 15 is 0 Å². The number of ether oxygens (including phenoxy) is 2. The van der Waals surface area contributed by atoms with Crippen molar-refractivity contribution in [3.05, 3.63) is 29.5 Å². The topological polar surface area (TPSA) is 91.3 Å². The van der Waals surface area contributed by atoms with Gasteiger partial charge < -0.3 is 29.1 Å². The van der Waals surface area contributed by atoms with E-state index in [-0.39, 0.29) is 18.0 Å². The zero-order chi connectivity index (χ0) is 26.2. The number of amides is 2. The Morgan fingerprint density at radius 1 is 1.03 bits per heavy atom. The summed E-state index contributed by atoms with van der Waals surface area (Å²) in [6.07, 6.45) is 3.08. The second kappa shape index (κ2) is 10.4. The SMILES string of the molecule is CN1CCN(C(=O)c2cc(C3CCCN3C(=O)OC(C)(C)C)c3nc(N4CCOCC4)cnc3c2)CC1. The molecule has 200 valence electrons. The first-order chi connectivity index (χ1) is 17.7. The van der Waals surface area contributed by atoms with Crippen LogP contribution in [0.25, 0.3) is 11.0 Å². The first-order valence-corrected chi connectivity index (χ1v) is 13.3. The number of benzene rings is 1. The molecule has 0 aliphatic carbocycles. The molecule has 2 amide bonds. The lowest BCUT2D eigenvalue weighted by Gasteiger charge is -2.33. The summed E-state index contributed by atoms with van der Waals surface area (Å²) in [5, 5.41) is 0. The molecule has 3 aliphatic rings. The Labute approximate surface area is 218 Å². The Kier molecular flexibility index (Phi) is 7.22. The second-order valence-electron chi connectivity index (χ2n) is 11.2. The fourth-order valence-electron chi connectivity index (χ4n) is 5.28. The van der Waals surface area contributed by atoms with Crippen LogP contribution in [0.2, 0.25) is 0 Å². The molecular formula is C27H38N6O4. The van der Waals surface area contributed by atoms with Crippen LogP contribution in [0.4, 0.5) is 10.6 Å². The number of piperazine rings is 1. The van der Waals surface area contributed by atoms with Crippen molar-refractivity contribution in [3.8, 4) is 0 Å². The normalized spacial score (nSPS) is 21.5. The fraction of sp³-hybridized carbons (Fsp3) is 0.630. The number of anilines is 1. The van der Waals surface area contributed by atoms with Crippen molar-refractivity contribution in [1.29, 1.82) is 0 Å². The number of fused-ring (bicyclic) bond motifs is 1. The van der Waals surface area contributed by atoms with E-state index in [1.54, 1.807) is 11.1 Å². The molecule has 5 rings (SSSR count). The predicted octanol–water partition coefficient (Wildman–Crippen LogP) is 2.93. The Balaban J connectivity index is 1.55. The maximum atomic E-state index is 13.6. The number of likely N-dealkylation sites (tertiary alicyclic amines) is 1. The van der Waals surface area contributed by atoms with Crippen molar-refractivity contribution in [2.45, 2.75) is 45.3 Å². The number of nitrogens with zero attached hydrogens (tertiary/aromatic N) is 6. The van der Waals surface area contributed by atoms with Crippen molar-refractivity contribution >= 4 is 28.9 Å². The molecule has 0 N–H and O–H groups in total. The van der Waals surface area contributed by atoms with Gasteiger partial charge in [0.05, 0.1) is 36.5 Å². The third-order valence-corrected chi connectivity index (χ3v) is 7.28. The quantitative estimate of drug-likeness (QED) is 0.623. The van der Waals surface area contributed by atoms with Crippen LogP contribution in [0, 0.1) is 0 Å². The molecule has 0 saturated carbocycles. The molecule has 37 heavy (non-hydrogen) atoms. The van der Waals surface area contributed by atoms with E-state index in [9.17, 15) is 9.59 Å². The van der Waals surface area contributed by atoms with E-state index in [1.807, 2.05) is 37.8 Å². The zero-order valence-corrected chi connectivity index (χ0v) is 22.4. The minimum absolute atomic E-state index is 0.00267. The van der Waals surface area contributed by atoms with Gasteiger partial charge in [0.25, 0.3) is 5.91 Å². The summed E-state index contributed by atoms with van der Waals surface area (Å²) in [5.74, 6) is 0.786. The van der Waals surface area contributed by atoms with Crippen molar-refractivity contribution in [2.24, 2.45) is 0 Å². The highest BCUT2D eigenvalue weighted by atomic mass is 16.6. The van der Waals surface area contributed by atoms with Crippen LogP contribution in [0.5, 0.6) is 0 Å². The maximum absolute atomic E-state index is 13.6. The molecule has 1 unspecified atom stereocenters. The number of carbonyl (C=O) groups excluding carboxylic acids is 2. The molecule has 1 atom stereocenters. The first kappa shape index (κ1) is 25.7. The van der Waals surface area contributed by atoms with Gasteiger partial charge in [-0.05, 0) is 52.8 Å². The van der Waals surface area contributed by atoms with Crippen LogP contribution in [-0.4, -0.2) is 108 Å². The van der Waals surface area contributed by atoms with E-state index in [0.29, 0.717) is 43.9 Å². The molecule has 3 fully saturated rings. The van der Waals surface area contributed by atoms with Gasteiger partial charge in [0.1, 0.15) is 11.4 Å². The molecule has 3 saturated heterocycles. The summed E-state index contributed by atoms with van der Waals surface area (Å²) in [7, 11) is 2.07. The molecule has 0 bridgehead atoms. The van der Waals surface area contributed by atoms with Crippen LogP contribution in [0.15, 0.2) is 18.3 Å². The number of aromatic nitrogens is 2. The average molecular weight is 511 g/mol. The predicted molar refractivity (Wildman–Crippen MR) is 141 cm³/mol. The number of carbonyl (C=O) groups is 2. The van der Waals surface area contributed by atoms with Gasteiger partial charge in [-0.25, -0.2) is 9.78 Å². The standard InChI is InChI=1S/C27H38N6O4/c1-27(2,3)37-26(35)33-7-5-6-22(33)20-16-19(25(34)32-10-8-30(4)9-11-32)17-21-24(20)29-23(18-28-21)31-12-14-36-15-13-31/h16-18,22H,5-15H2,1-4H3. The first-order valence-electron chi connectivity index (χ1n) is 13.3. The van der Waals surface area contributed by atoms with Gasteiger partial charge in [-0.2, -0.15) is 0 Å². The summed E-state index contributed by atoms with van der Waals surface area (Å²) in [6, 6.07) is 3.56. The molecule has 0 spiro atoms. The average Bonchev–Trinajstić information content (AvgIpc) is 3.37. The minimum atomic E-state index is -0.588. The third kappa shape index (κ3) is 5.65. The van der Waals surface area contributed by atoms with Crippen molar-refractivity contribution in [1.82, 2.24) is 24.7 Å². The number of hydrogen-bond donors (Lipinski definition) is 0. The van der Waals surface area contributed by atoms with Gasteiger partial charge in [0, 0.05) is 56.9 Å². The summed E-state index contributed by atoms with van der Waals surface area (Å²) in [4.78, 5) is 44.6. The van der Waals surface area contributed by atoms with Crippen LogP contribution < -0.4 is 4.90 Å². The van der Waals surface area contributed by atoms with Gasteiger partial charge in [0.2, 0.25) is 0 Å². The van der Waals surface area contributed by atoms with Crippen LogP contribution >= 0.6 is 0 Å². The largest absolute Gasteiger partial charge is 0.444 e. The molecule has 0 radical (unpaired) electrons. The fourth-order valence-corrected chi connectivity index (χ4v) is 5.28. The highest BCUT2D eigenvalue weighted by Gasteiger charge is 2.35. The van der Waals surface area contributed by atoms with Crippen LogP contribution in [0.1, 0.15) is 55.6 Å². The van der Waals surface area contributed by atoms with E-state index in [1.165, 1.54) is 0 Å². The van der Waals surface area contributed by atoms with Crippen molar-refractivity contribution in [2.75, 3.05) is 71.0 Å². The molecule has 3 aliphatic heterocycles. The summed E-state index contributed by atoms with van der Waals surface area (Å²) in [5.41, 5.74) is 2.27. The second-order valence-corrected chi connectivity index (χ2v) is 11.2. The molecule has 1 aromatic carbocycles. The highest BCUT2D eigenvalue weighted by Crippen LogP contribution is 2.37. The van der Waals surface area contributed by atoms with Gasteiger partial charge in [-0.3, -0.25) is 9.78 Å². The molecule has 2 aromatic rings. The van der Waals surface area contributed by atoms with E-state index in [4.69, 9.17) is 19.4 Å². The number of hydrogen-bond acceptors (Lipinski definition) is 8. The summed E-state index contributed by atoms with van der Waals surface area (Å²) >= 11 is 0. The Hall–Kier alpha value is -2.98. The monoisotopic (exact) mass is 510 g/mol. The van der Waals surface area contributed by atoms with Crippen molar-refractivity contribution in [3.63, 3.8) is 0 Å². The van der Waals surface area contributed by atoms with Gasteiger partial charge in [-0.1, -0.05) is 0 Å². The van der Waals surface area contributed by atoms with Gasteiger partial charge in [-0.15, -0.1) is 0 Å². The molecular weight excluding hydrogens is 472 g/mol. The van der Waals surface area contributed by atoms with Gasteiger partial charge >= 0.3 is 6.09 Å². The Morgan fingerprint density at radius 3 is 2.46 bits per heavy atom. The zero-order valence-electron chi connectivity index (χ0n) is 22.4. The molecule has 4 heterocycles. The van der Waals surface area contributed by atoms with E-state index in [0.717, 1.165) is 55.9 Å². The maximum Gasteiger partial charge on any atom is 0.410 e. The Morgan fingerprint density at radius 2 is 1.76 bits per heavy atom.